The Morgan fingerprint density at radius 3 is 2.70 bits per heavy atom. The fraction of sp³-hybridized carbons (Fsp3) is 0.714. The molecule has 1 rings (SSSR count). The Morgan fingerprint density at radius 2 is 2.10 bits per heavy atom. The smallest absolute Gasteiger partial charge is 0.0603 e. The van der Waals surface area contributed by atoms with Gasteiger partial charge in [-0.2, -0.15) is 0 Å². The number of rotatable bonds is 2. The van der Waals surface area contributed by atoms with Crippen LogP contribution in [0.3, 0.4) is 0 Å². The van der Waals surface area contributed by atoms with Gasteiger partial charge in [0.2, 0.25) is 0 Å². The first-order valence-electron chi connectivity index (χ1n) is 3.54. The minimum absolute atomic E-state index is 0.880. The van der Waals surface area contributed by atoms with Crippen molar-refractivity contribution in [3.8, 4) is 0 Å². The third-order valence-corrected chi connectivity index (χ3v) is 2.37. The van der Waals surface area contributed by atoms with Gasteiger partial charge in [-0.1, -0.05) is 18.0 Å². The summed E-state index contributed by atoms with van der Waals surface area (Å²) in [5.74, 6) is 0. The van der Waals surface area contributed by atoms with Gasteiger partial charge >= 0.3 is 0 Å². The molecule has 0 aromatic heterocycles. The third-order valence-electron chi connectivity index (χ3n) is 1.32. The molecular weight excluding hydrogens is 146 g/mol. The van der Waals surface area contributed by atoms with Gasteiger partial charge in [0.05, 0.1) is 13.2 Å². The van der Waals surface area contributed by atoms with Crippen LogP contribution in [0, 0.1) is 0 Å². The molecular formula is C7H13NOS. The zero-order valence-electron chi connectivity index (χ0n) is 6.25. The number of morpholine rings is 1. The number of hydrogen-bond donors (Lipinski definition) is 0. The van der Waals surface area contributed by atoms with Crippen LogP contribution in [0.1, 0.15) is 6.92 Å². The first kappa shape index (κ1) is 8.11. The van der Waals surface area contributed by atoms with Crippen LogP contribution in [0.5, 0.6) is 0 Å². The van der Waals surface area contributed by atoms with E-state index < -0.39 is 0 Å². The molecule has 0 amide bonds. The number of nitrogens with zero attached hydrogens (tertiary/aromatic N) is 1. The molecule has 0 atom stereocenters. The van der Waals surface area contributed by atoms with Crippen molar-refractivity contribution in [1.29, 1.82) is 0 Å². The molecule has 0 bridgehead atoms. The van der Waals surface area contributed by atoms with Crippen LogP contribution in [0.25, 0.3) is 0 Å². The maximum atomic E-state index is 5.20. The standard InChI is InChI=1S/C7H13NOS/c1-2-7-10-8-3-5-9-6-4-8/h2,7H,3-6H2,1H3/b7-2+. The van der Waals surface area contributed by atoms with E-state index >= 15 is 0 Å². The highest BCUT2D eigenvalue weighted by atomic mass is 32.2. The lowest BCUT2D eigenvalue weighted by Crippen LogP contribution is -2.30. The van der Waals surface area contributed by atoms with Gasteiger partial charge < -0.3 is 4.74 Å². The van der Waals surface area contributed by atoms with E-state index in [1.54, 1.807) is 11.9 Å². The minimum Gasteiger partial charge on any atom is -0.379 e. The maximum absolute atomic E-state index is 5.20. The summed E-state index contributed by atoms with van der Waals surface area (Å²) < 4.78 is 7.51. The van der Waals surface area contributed by atoms with Gasteiger partial charge in [-0.15, -0.1) is 0 Å². The average molecular weight is 159 g/mol. The lowest BCUT2D eigenvalue weighted by molar-refractivity contribution is 0.0776. The summed E-state index contributed by atoms with van der Waals surface area (Å²) in [5.41, 5.74) is 0. The first-order valence-corrected chi connectivity index (χ1v) is 4.38. The van der Waals surface area contributed by atoms with Crippen LogP contribution in [-0.2, 0) is 4.74 Å². The van der Waals surface area contributed by atoms with Crippen molar-refractivity contribution in [2.75, 3.05) is 26.3 Å². The molecule has 0 radical (unpaired) electrons. The normalized spacial score (nSPS) is 22.1. The van der Waals surface area contributed by atoms with Crippen LogP contribution in [0.4, 0.5) is 0 Å². The predicted octanol–water partition coefficient (Wildman–Crippen LogP) is 1.50. The number of ether oxygens (including phenoxy) is 1. The molecule has 10 heavy (non-hydrogen) atoms. The van der Waals surface area contributed by atoms with Crippen LogP contribution < -0.4 is 0 Å². The largest absolute Gasteiger partial charge is 0.379 e. The monoisotopic (exact) mass is 159 g/mol. The van der Waals surface area contributed by atoms with Crippen molar-refractivity contribution in [2.24, 2.45) is 0 Å². The van der Waals surface area contributed by atoms with E-state index in [1.165, 1.54) is 0 Å². The molecule has 0 unspecified atom stereocenters. The van der Waals surface area contributed by atoms with Crippen molar-refractivity contribution in [3.05, 3.63) is 11.5 Å². The molecule has 0 spiro atoms. The van der Waals surface area contributed by atoms with Crippen molar-refractivity contribution >= 4 is 11.9 Å². The number of allylic oxidation sites excluding steroid dienone is 1. The third kappa shape index (κ3) is 2.73. The van der Waals surface area contributed by atoms with Crippen LogP contribution in [0.15, 0.2) is 11.5 Å². The summed E-state index contributed by atoms with van der Waals surface area (Å²) in [7, 11) is 0. The highest BCUT2D eigenvalue weighted by molar-refractivity contribution is 7.99. The maximum Gasteiger partial charge on any atom is 0.0603 e. The first-order chi connectivity index (χ1) is 4.93. The molecule has 0 N–H and O–H groups in total. The fourth-order valence-corrected chi connectivity index (χ4v) is 1.45. The Balaban J connectivity index is 2.13. The molecule has 2 nitrogen and oxygen atoms in total. The second-order valence-electron chi connectivity index (χ2n) is 2.12. The molecule has 1 fully saturated rings. The molecule has 0 aliphatic carbocycles. The second-order valence-corrected chi connectivity index (χ2v) is 3.12. The zero-order valence-corrected chi connectivity index (χ0v) is 7.06. The quantitative estimate of drug-likeness (QED) is 0.567. The molecule has 0 aromatic rings. The van der Waals surface area contributed by atoms with E-state index in [0.717, 1.165) is 26.3 Å². The van der Waals surface area contributed by atoms with Gasteiger partial charge in [-0.25, -0.2) is 4.31 Å². The molecule has 0 saturated carbocycles. The Morgan fingerprint density at radius 1 is 1.40 bits per heavy atom. The van der Waals surface area contributed by atoms with Gasteiger partial charge in [0.1, 0.15) is 0 Å². The van der Waals surface area contributed by atoms with E-state index in [1.807, 2.05) is 6.92 Å². The lowest BCUT2D eigenvalue weighted by Gasteiger charge is -2.23. The van der Waals surface area contributed by atoms with E-state index in [-0.39, 0.29) is 0 Å². The second kappa shape index (κ2) is 4.77. The van der Waals surface area contributed by atoms with Gasteiger partial charge in [0.25, 0.3) is 0 Å². The Labute approximate surface area is 66.4 Å². The molecule has 1 aliphatic rings. The van der Waals surface area contributed by atoms with Gasteiger partial charge in [0.15, 0.2) is 0 Å². The molecule has 3 heteroatoms. The Bertz CT molecular complexity index is 110. The summed E-state index contributed by atoms with van der Waals surface area (Å²) in [5, 5.41) is 2.10. The summed E-state index contributed by atoms with van der Waals surface area (Å²) in [6.07, 6.45) is 2.06. The van der Waals surface area contributed by atoms with Crippen molar-refractivity contribution < 1.29 is 4.74 Å². The average Bonchev–Trinajstić information content (AvgIpc) is 2.03. The van der Waals surface area contributed by atoms with Crippen LogP contribution >= 0.6 is 11.9 Å². The highest BCUT2D eigenvalue weighted by Crippen LogP contribution is 2.12. The van der Waals surface area contributed by atoms with E-state index in [0.29, 0.717) is 0 Å². The zero-order chi connectivity index (χ0) is 7.23. The van der Waals surface area contributed by atoms with Gasteiger partial charge in [-0.05, 0) is 12.3 Å². The molecule has 1 aliphatic heterocycles. The summed E-state index contributed by atoms with van der Waals surface area (Å²) in [6.45, 7) is 5.90. The number of hydrogen-bond acceptors (Lipinski definition) is 3. The topological polar surface area (TPSA) is 12.5 Å². The summed E-state index contributed by atoms with van der Waals surface area (Å²) >= 11 is 1.77. The predicted molar refractivity (Wildman–Crippen MR) is 44.8 cm³/mol. The molecule has 0 aromatic carbocycles. The Kier molecular flexibility index (Phi) is 3.87. The van der Waals surface area contributed by atoms with Crippen LogP contribution in [-0.4, -0.2) is 30.6 Å². The fourth-order valence-electron chi connectivity index (χ4n) is 0.799. The van der Waals surface area contributed by atoms with Crippen molar-refractivity contribution in [3.63, 3.8) is 0 Å². The van der Waals surface area contributed by atoms with Crippen molar-refractivity contribution in [2.45, 2.75) is 6.92 Å². The molecule has 1 heterocycles. The molecule has 1 saturated heterocycles. The van der Waals surface area contributed by atoms with E-state index in [4.69, 9.17) is 4.74 Å². The van der Waals surface area contributed by atoms with Gasteiger partial charge in [-0.3, -0.25) is 0 Å². The minimum atomic E-state index is 0.880. The van der Waals surface area contributed by atoms with Crippen LogP contribution in [0.2, 0.25) is 0 Å². The van der Waals surface area contributed by atoms with Gasteiger partial charge in [0, 0.05) is 13.1 Å². The summed E-state index contributed by atoms with van der Waals surface area (Å²) in [4.78, 5) is 0. The SMILES string of the molecule is C/C=C/SN1CCOCC1. The molecule has 58 valence electrons. The van der Waals surface area contributed by atoms with Crippen molar-refractivity contribution in [1.82, 2.24) is 4.31 Å². The Hall–Kier alpha value is 0.01000. The lowest BCUT2D eigenvalue weighted by atomic mass is 10.5. The van der Waals surface area contributed by atoms with E-state index in [2.05, 4.69) is 15.8 Å². The van der Waals surface area contributed by atoms with E-state index in [9.17, 15) is 0 Å². The summed E-state index contributed by atoms with van der Waals surface area (Å²) in [6, 6.07) is 0. The highest BCUT2D eigenvalue weighted by Gasteiger charge is 2.07.